The van der Waals surface area contributed by atoms with E-state index in [0.29, 0.717) is 42.3 Å². The molecule has 0 unspecified atom stereocenters. The van der Waals surface area contributed by atoms with Crippen molar-refractivity contribution in [3.8, 4) is 28.3 Å². The molecule has 2 N–H and O–H groups in total. The topological polar surface area (TPSA) is 125 Å². The number of halogens is 2. The van der Waals surface area contributed by atoms with E-state index < -0.39 is 23.0 Å². The molecule has 0 fully saturated rings. The number of aryl methyl sites for hydroxylation is 2. The summed E-state index contributed by atoms with van der Waals surface area (Å²) >= 11 is 6.72. The molecule has 6 rings (SSSR count). The minimum absolute atomic E-state index is 0.0709. The number of anilines is 1. The van der Waals surface area contributed by atoms with E-state index in [-0.39, 0.29) is 39.9 Å². The first kappa shape index (κ1) is 31.3. The minimum atomic E-state index is -0.763. The molecule has 0 saturated heterocycles. The molecule has 4 aromatic rings. The molecule has 0 radical (unpaired) electrons. The zero-order valence-corrected chi connectivity index (χ0v) is 26.3. The molecule has 0 bridgehead atoms. The van der Waals surface area contributed by atoms with Crippen molar-refractivity contribution in [1.82, 2.24) is 14.1 Å². The lowest BCUT2D eigenvalue weighted by atomic mass is 9.91. The first-order valence-corrected chi connectivity index (χ1v) is 15.2. The van der Waals surface area contributed by atoms with Gasteiger partial charge in [0, 0.05) is 42.5 Å². The van der Waals surface area contributed by atoms with Crippen LogP contribution in [0, 0.1) is 5.82 Å². The third-order valence-electron chi connectivity index (χ3n) is 8.66. The van der Waals surface area contributed by atoms with Crippen LogP contribution in [0.15, 0.2) is 69.6 Å². The highest BCUT2D eigenvalue weighted by atomic mass is 35.5. The molecule has 1 amide bonds. The number of methoxy groups -OCH3 is 1. The van der Waals surface area contributed by atoms with Crippen LogP contribution in [0.25, 0.3) is 22.4 Å². The highest BCUT2D eigenvalue weighted by molar-refractivity contribution is 6.36. The molecule has 2 aromatic carbocycles. The van der Waals surface area contributed by atoms with E-state index in [9.17, 15) is 19.5 Å². The average Bonchev–Trinajstić information content (AvgIpc) is 3.46. The summed E-state index contributed by atoms with van der Waals surface area (Å²) in [5.41, 5.74) is 2.77. The highest BCUT2D eigenvalue weighted by Crippen LogP contribution is 2.45. The van der Waals surface area contributed by atoms with Crippen molar-refractivity contribution in [3.63, 3.8) is 0 Å². The molecule has 238 valence electrons. The van der Waals surface area contributed by atoms with Gasteiger partial charge in [0.05, 0.1) is 30.1 Å². The third-order valence-corrected chi connectivity index (χ3v) is 9.07. The van der Waals surface area contributed by atoms with E-state index in [0.717, 1.165) is 44.9 Å². The normalized spacial score (nSPS) is 16.0. The van der Waals surface area contributed by atoms with Crippen LogP contribution in [-0.4, -0.2) is 45.5 Å². The molecular weight excluding hydrogens is 615 g/mol. The summed E-state index contributed by atoms with van der Waals surface area (Å²) in [6, 6.07) is 11.6. The van der Waals surface area contributed by atoms with E-state index >= 15 is 4.39 Å². The molecular formula is C34H32ClFN4O6. The number of hydrogen-bond acceptors (Lipinski definition) is 7. The average molecular weight is 647 g/mol. The smallest absolute Gasteiger partial charge is 0.330 e. The van der Waals surface area contributed by atoms with Gasteiger partial charge < -0.3 is 24.5 Å². The van der Waals surface area contributed by atoms with Crippen LogP contribution in [0.4, 0.5) is 10.1 Å². The predicted molar refractivity (Wildman–Crippen MR) is 172 cm³/mol. The maximum atomic E-state index is 16.3. The van der Waals surface area contributed by atoms with Crippen molar-refractivity contribution in [2.75, 3.05) is 25.6 Å². The Morgan fingerprint density at radius 3 is 2.65 bits per heavy atom. The minimum Gasteiger partial charge on any atom is -0.510 e. The Hall–Kier alpha value is -4.74. The predicted octanol–water partition coefficient (Wildman–Crippen LogP) is 5.52. The van der Waals surface area contributed by atoms with Gasteiger partial charge in [0.1, 0.15) is 23.7 Å². The number of benzene rings is 2. The zero-order chi connectivity index (χ0) is 32.7. The molecule has 46 heavy (non-hydrogen) atoms. The molecule has 1 aliphatic carbocycles. The number of nitrogens with one attached hydrogen (secondary N) is 1. The van der Waals surface area contributed by atoms with Gasteiger partial charge in [-0.05, 0) is 60.9 Å². The summed E-state index contributed by atoms with van der Waals surface area (Å²) in [5, 5.41) is 13.0. The number of aromatic nitrogens is 3. The van der Waals surface area contributed by atoms with E-state index in [2.05, 4.69) is 5.32 Å². The molecule has 1 aliphatic heterocycles. The lowest BCUT2D eigenvalue weighted by Crippen LogP contribution is -2.40. The molecule has 12 heteroatoms. The van der Waals surface area contributed by atoms with Gasteiger partial charge in [0.15, 0.2) is 0 Å². The van der Waals surface area contributed by atoms with Crippen LogP contribution in [0.2, 0.25) is 5.02 Å². The van der Waals surface area contributed by atoms with Crippen molar-refractivity contribution in [2.45, 2.75) is 31.6 Å². The number of rotatable bonds is 7. The van der Waals surface area contributed by atoms with Crippen molar-refractivity contribution in [3.05, 3.63) is 108 Å². The molecule has 2 aromatic heterocycles. The number of nitrogens with zero attached hydrogens (tertiary/aromatic N) is 3. The van der Waals surface area contributed by atoms with E-state index in [1.54, 1.807) is 37.4 Å². The van der Waals surface area contributed by atoms with Gasteiger partial charge >= 0.3 is 5.69 Å². The summed E-state index contributed by atoms with van der Waals surface area (Å²) in [6.45, 7) is 0.810. The third kappa shape index (κ3) is 5.60. The fourth-order valence-electron chi connectivity index (χ4n) is 6.25. The number of carbonyl (C=O) groups is 1. The summed E-state index contributed by atoms with van der Waals surface area (Å²) < 4.78 is 29.4. The molecule has 10 nitrogen and oxygen atoms in total. The molecule has 2 aliphatic rings. The summed E-state index contributed by atoms with van der Waals surface area (Å²) in [7, 11) is 4.26. The Labute approximate surface area is 268 Å². The van der Waals surface area contributed by atoms with Gasteiger partial charge in [-0.1, -0.05) is 35.9 Å². The van der Waals surface area contributed by atoms with Crippen molar-refractivity contribution in [1.29, 1.82) is 0 Å². The second kappa shape index (κ2) is 12.6. The lowest BCUT2D eigenvalue weighted by molar-refractivity contribution is 0.102. The van der Waals surface area contributed by atoms with Crippen LogP contribution in [0.3, 0.4) is 0 Å². The maximum Gasteiger partial charge on any atom is 0.330 e. The molecule has 1 atom stereocenters. The second-order valence-corrected chi connectivity index (χ2v) is 11.8. The fraction of sp³-hybridized carbons (Fsp3) is 0.294. The summed E-state index contributed by atoms with van der Waals surface area (Å²) in [5.74, 6) is -0.475. The van der Waals surface area contributed by atoms with Gasteiger partial charge in [0.2, 0.25) is 5.88 Å². The van der Waals surface area contributed by atoms with Crippen LogP contribution < -0.4 is 21.3 Å². The van der Waals surface area contributed by atoms with Gasteiger partial charge in [-0.2, -0.15) is 0 Å². The number of hydrogen-bond donors (Lipinski definition) is 2. The summed E-state index contributed by atoms with van der Waals surface area (Å²) in [6.07, 6.45) is 4.15. The fourth-order valence-corrected chi connectivity index (χ4v) is 6.53. The maximum absolute atomic E-state index is 16.3. The number of carbonyl (C=O) groups excluding carboxylic acids is 1. The SMILES string of the molecule is COc1nc(-c2cccc(-c3cccc(NC(=O)c4cn(C)c(=O)n(C)c4=O)c3Cl)c2F)cc2c1[C@H](CC1=C(O)COCC1)CC2. The number of fused-ring (bicyclic) bond motifs is 1. The highest BCUT2D eigenvalue weighted by Gasteiger charge is 2.31. The van der Waals surface area contributed by atoms with E-state index in [1.807, 2.05) is 6.07 Å². The molecule has 0 saturated carbocycles. The number of aliphatic hydroxyl groups is 1. The number of ether oxygens (including phenoxy) is 2. The lowest BCUT2D eigenvalue weighted by Gasteiger charge is -2.21. The van der Waals surface area contributed by atoms with Crippen LogP contribution in [0.1, 0.15) is 46.7 Å². The van der Waals surface area contributed by atoms with Crippen LogP contribution in [0.5, 0.6) is 5.88 Å². The van der Waals surface area contributed by atoms with Crippen molar-refractivity contribution >= 4 is 23.2 Å². The monoisotopic (exact) mass is 646 g/mol. The molecule has 0 spiro atoms. The second-order valence-electron chi connectivity index (χ2n) is 11.5. The number of aliphatic hydroxyl groups excluding tert-OH is 1. The summed E-state index contributed by atoms with van der Waals surface area (Å²) in [4.78, 5) is 42.4. The Morgan fingerprint density at radius 1 is 1.15 bits per heavy atom. The number of pyridine rings is 1. The first-order valence-electron chi connectivity index (χ1n) is 14.8. The first-order chi connectivity index (χ1) is 22.1. The Morgan fingerprint density at radius 2 is 1.89 bits per heavy atom. The standard InChI is InChI=1S/C34H32ClFN4O6/c1-39-16-24(33(43)40(2)34(39)44)31(42)37-25-9-5-6-21(29(25)35)22-7-4-8-23(30(22)36)26-15-20-11-10-19(28(20)32(38-26)45-3)14-18-12-13-46-17-27(18)41/h4-9,15-16,19,41H,10-14,17H2,1-3H3,(H,37,42)/t19-/m0/s1. The largest absolute Gasteiger partial charge is 0.510 e. The Balaban J connectivity index is 1.33. The van der Waals surface area contributed by atoms with E-state index in [4.69, 9.17) is 26.1 Å². The van der Waals surface area contributed by atoms with Crippen molar-refractivity contribution < 1.29 is 23.8 Å². The van der Waals surface area contributed by atoms with Gasteiger partial charge in [-0.3, -0.25) is 14.2 Å². The van der Waals surface area contributed by atoms with Crippen molar-refractivity contribution in [2.24, 2.45) is 14.1 Å². The van der Waals surface area contributed by atoms with E-state index in [1.165, 1.54) is 20.2 Å². The van der Waals surface area contributed by atoms with Gasteiger partial charge in [0.25, 0.3) is 11.5 Å². The van der Waals surface area contributed by atoms with Gasteiger partial charge in [-0.25, -0.2) is 14.2 Å². The Kier molecular flexibility index (Phi) is 8.54. The Bertz CT molecular complexity index is 2040. The zero-order valence-electron chi connectivity index (χ0n) is 25.5. The quantitative estimate of drug-likeness (QED) is 0.271. The van der Waals surface area contributed by atoms with Crippen LogP contribution in [-0.2, 0) is 25.3 Å². The van der Waals surface area contributed by atoms with Crippen LogP contribution >= 0.6 is 11.6 Å². The molecule has 3 heterocycles. The van der Waals surface area contributed by atoms with Gasteiger partial charge in [-0.15, -0.1) is 0 Å². The number of amides is 1.